The summed E-state index contributed by atoms with van der Waals surface area (Å²) in [6.45, 7) is 0. The van der Waals surface area contributed by atoms with Gasteiger partial charge >= 0.3 is 6.18 Å². The monoisotopic (exact) mass is 436 g/mol. The molecule has 2 aromatic carbocycles. The quantitative estimate of drug-likeness (QED) is 0.648. The van der Waals surface area contributed by atoms with Crippen molar-refractivity contribution in [3.05, 3.63) is 78.0 Å². The average Bonchev–Trinajstić information content (AvgIpc) is 2.73. The van der Waals surface area contributed by atoms with Gasteiger partial charge in [-0.05, 0) is 54.6 Å². The number of nitrogens with one attached hydrogen (secondary N) is 1. The van der Waals surface area contributed by atoms with Crippen molar-refractivity contribution < 1.29 is 31.1 Å². The Bertz CT molecular complexity index is 1160. The molecule has 1 heterocycles. The van der Waals surface area contributed by atoms with E-state index < -0.39 is 27.5 Å². The third kappa shape index (κ3) is 4.60. The molecule has 156 valence electrons. The highest BCUT2D eigenvalue weighted by Gasteiger charge is 2.30. The number of methoxy groups -OCH3 is 1. The van der Waals surface area contributed by atoms with E-state index in [9.17, 15) is 26.4 Å². The van der Waals surface area contributed by atoms with E-state index in [1.165, 1.54) is 49.6 Å². The van der Waals surface area contributed by atoms with Crippen LogP contribution in [0.4, 0.5) is 18.9 Å². The summed E-state index contributed by atoms with van der Waals surface area (Å²) in [5, 5.41) is 2.06. The third-order valence-electron chi connectivity index (χ3n) is 4.09. The number of ether oxygens (including phenoxy) is 1. The lowest BCUT2D eigenvalue weighted by atomic mass is 10.2. The predicted octanol–water partition coefficient (Wildman–Crippen LogP) is 4.19. The lowest BCUT2D eigenvalue weighted by molar-refractivity contribution is -0.137. The first kappa shape index (κ1) is 21.3. The van der Waals surface area contributed by atoms with Crippen molar-refractivity contribution >= 4 is 21.4 Å². The van der Waals surface area contributed by atoms with Crippen molar-refractivity contribution in [1.82, 2.24) is 4.98 Å². The fourth-order valence-electron chi connectivity index (χ4n) is 2.53. The number of amides is 1. The van der Waals surface area contributed by atoms with E-state index in [0.717, 1.165) is 24.4 Å². The SMILES string of the molecule is COc1ccc(S(=O)(=O)c2ccc(C(=O)Nc3cccc(C(F)(F)F)c3)cn2)cc1. The van der Waals surface area contributed by atoms with Crippen LogP contribution in [0.3, 0.4) is 0 Å². The molecular weight excluding hydrogens is 421 g/mol. The average molecular weight is 436 g/mol. The molecule has 3 aromatic rings. The van der Waals surface area contributed by atoms with Gasteiger partial charge in [-0.1, -0.05) is 6.07 Å². The highest BCUT2D eigenvalue weighted by atomic mass is 32.2. The molecule has 0 atom stereocenters. The van der Waals surface area contributed by atoms with Crippen LogP contribution in [-0.2, 0) is 16.0 Å². The van der Waals surface area contributed by atoms with Gasteiger partial charge in [-0.3, -0.25) is 4.79 Å². The number of benzene rings is 2. The van der Waals surface area contributed by atoms with E-state index in [2.05, 4.69) is 10.3 Å². The Morgan fingerprint density at radius 2 is 1.73 bits per heavy atom. The number of hydrogen-bond donors (Lipinski definition) is 1. The van der Waals surface area contributed by atoms with Gasteiger partial charge in [-0.25, -0.2) is 13.4 Å². The number of nitrogens with zero attached hydrogens (tertiary/aromatic N) is 1. The summed E-state index contributed by atoms with van der Waals surface area (Å²) in [6.07, 6.45) is -3.50. The maximum Gasteiger partial charge on any atom is 0.416 e. The van der Waals surface area contributed by atoms with Crippen molar-refractivity contribution in [3.63, 3.8) is 0 Å². The van der Waals surface area contributed by atoms with E-state index >= 15 is 0 Å². The van der Waals surface area contributed by atoms with Crippen LogP contribution in [0.25, 0.3) is 0 Å². The summed E-state index contributed by atoms with van der Waals surface area (Å²) in [5.74, 6) is -0.237. The fourth-order valence-corrected chi connectivity index (χ4v) is 3.70. The minimum atomic E-state index is -4.54. The smallest absolute Gasteiger partial charge is 0.416 e. The summed E-state index contributed by atoms with van der Waals surface area (Å²) in [4.78, 5) is 16.1. The molecule has 3 rings (SSSR count). The molecule has 30 heavy (non-hydrogen) atoms. The zero-order valence-corrected chi connectivity index (χ0v) is 16.3. The standard InChI is InChI=1S/C20H15F3N2O4S/c1-29-16-6-8-17(9-7-16)30(27,28)18-10-5-13(12-24-18)19(26)25-15-4-2-3-14(11-15)20(21,22)23/h2-12H,1H3,(H,25,26). The Labute approximate surface area is 170 Å². The number of carbonyl (C=O) groups excluding carboxylic acids is 1. The number of hydrogen-bond acceptors (Lipinski definition) is 5. The van der Waals surface area contributed by atoms with Crippen LogP contribution >= 0.6 is 0 Å². The second-order valence-corrected chi connectivity index (χ2v) is 7.99. The summed E-state index contributed by atoms with van der Waals surface area (Å²) in [6, 6.07) is 12.3. The molecule has 0 radical (unpaired) electrons. The van der Waals surface area contributed by atoms with Crippen molar-refractivity contribution in [2.24, 2.45) is 0 Å². The Balaban J connectivity index is 1.79. The minimum absolute atomic E-state index is 0.00281. The Kier molecular flexibility index (Phi) is 5.79. The molecule has 0 unspecified atom stereocenters. The summed E-state index contributed by atoms with van der Waals surface area (Å²) < 4.78 is 68.6. The van der Waals surface area contributed by atoms with Gasteiger partial charge in [0.2, 0.25) is 9.84 Å². The zero-order chi connectivity index (χ0) is 21.9. The highest BCUT2D eigenvalue weighted by molar-refractivity contribution is 7.91. The van der Waals surface area contributed by atoms with Gasteiger partial charge < -0.3 is 10.1 Å². The van der Waals surface area contributed by atoms with Gasteiger partial charge in [0.1, 0.15) is 5.75 Å². The van der Waals surface area contributed by atoms with Crippen LogP contribution in [0.1, 0.15) is 15.9 Å². The zero-order valence-electron chi connectivity index (χ0n) is 15.5. The Hall–Kier alpha value is -3.40. The van der Waals surface area contributed by atoms with E-state index in [0.29, 0.717) is 5.75 Å². The van der Waals surface area contributed by atoms with Crippen molar-refractivity contribution in [1.29, 1.82) is 0 Å². The maximum absolute atomic E-state index is 12.8. The molecule has 0 bridgehead atoms. The molecule has 0 saturated carbocycles. The van der Waals surface area contributed by atoms with Gasteiger partial charge in [0.25, 0.3) is 5.91 Å². The molecule has 10 heteroatoms. The molecule has 0 saturated heterocycles. The highest BCUT2D eigenvalue weighted by Crippen LogP contribution is 2.30. The molecule has 1 amide bonds. The molecule has 0 spiro atoms. The first-order valence-corrected chi connectivity index (χ1v) is 9.93. The van der Waals surface area contributed by atoms with Crippen LogP contribution in [0, 0.1) is 0 Å². The molecule has 1 aromatic heterocycles. The summed E-state index contributed by atoms with van der Waals surface area (Å²) in [5.41, 5.74) is -0.967. The molecular formula is C20H15F3N2O4S. The number of halogens is 3. The number of pyridine rings is 1. The van der Waals surface area contributed by atoms with E-state index in [1.807, 2.05) is 0 Å². The van der Waals surface area contributed by atoms with Crippen molar-refractivity contribution in [2.75, 3.05) is 12.4 Å². The Morgan fingerprint density at radius 1 is 1.03 bits per heavy atom. The second-order valence-electron chi connectivity index (χ2n) is 6.10. The van der Waals surface area contributed by atoms with Gasteiger partial charge in [-0.15, -0.1) is 0 Å². The molecule has 0 aliphatic carbocycles. The number of alkyl halides is 3. The van der Waals surface area contributed by atoms with E-state index in [-0.39, 0.29) is 21.2 Å². The van der Waals surface area contributed by atoms with Gasteiger partial charge in [0.15, 0.2) is 5.03 Å². The summed E-state index contributed by atoms with van der Waals surface area (Å²) >= 11 is 0. The molecule has 6 nitrogen and oxygen atoms in total. The molecule has 0 aliphatic rings. The van der Waals surface area contributed by atoms with Crippen LogP contribution in [0.5, 0.6) is 5.75 Å². The van der Waals surface area contributed by atoms with E-state index in [1.54, 1.807) is 0 Å². The fraction of sp³-hybridized carbons (Fsp3) is 0.100. The first-order valence-electron chi connectivity index (χ1n) is 8.45. The van der Waals surface area contributed by atoms with Crippen molar-refractivity contribution in [2.45, 2.75) is 16.1 Å². The Morgan fingerprint density at radius 3 is 2.30 bits per heavy atom. The van der Waals surface area contributed by atoms with E-state index in [4.69, 9.17) is 4.74 Å². The van der Waals surface area contributed by atoms with Gasteiger partial charge in [0.05, 0.1) is 23.1 Å². The topological polar surface area (TPSA) is 85.4 Å². The third-order valence-corrected chi connectivity index (χ3v) is 5.78. The normalized spacial score (nSPS) is 11.7. The maximum atomic E-state index is 12.8. The van der Waals surface area contributed by atoms with Crippen LogP contribution in [0.2, 0.25) is 0 Å². The van der Waals surface area contributed by atoms with Crippen LogP contribution < -0.4 is 10.1 Å². The van der Waals surface area contributed by atoms with Crippen LogP contribution in [0.15, 0.2) is 76.8 Å². The number of sulfone groups is 1. The number of anilines is 1. The summed E-state index contributed by atoms with van der Waals surface area (Å²) in [7, 11) is -2.46. The van der Waals surface area contributed by atoms with Gasteiger partial charge in [-0.2, -0.15) is 13.2 Å². The number of carbonyl (C=O) groups is 1. The molecule has 0 aliphatic heterocycles. The lowest BCUT2D eigenvalue weighted by Crippen LogP contribution is -2.14. The number of aromatic nitrogens is 1. The lowest BCUT2D eigenvalue weighted by Gasteiger charge is -2.10. The predicted molar refractivity (Wildman–Crippen MR) is 102 cm³/mol. The molecule has 0 fully saturated rings. The van der Waals surface area contributed by atoms with Gasteiger partial charge in [0, 0.05) is 11.9 Å². The second kappa shape index (κ2) is 8.15. The minimum Gasteiger partial charge on any atom is -0.497 e. The molecule has 1 N–H and O–H groups in total. The first-order chi connectivity index (χ1) is 14.1. The van der Waals surface area contributed by atoms with Crippen LogP contribution in [-0.4, -0.2) is 26.4 Å². The largest absolute Gasteiger partial charge is 0.497 e. The van der Waals surface area contributed by atoms with Crippen molar-refractivity contribution in [3.8, 4) is 5.75 Å². The number of rotatable bonds is 5.